The number of hydrogen-bond donors (Lipinski definition) is 3. The molecule has 6 nitrogen and oxygen atoms in total. The topological polar surface area (TPSA) is 78.9 Å². The molecule has 0 aliphatic heterocycles. The zero-order valence-corrected chi connectivity index (χ0v) is 14.5. The van der Waals surface area contributed by atoms with Crippen LogP contribution < -0.4 is 16.0 Å². The van der Waals surface area contributed by atoms with Crippen molar-refractivity contribution in [3.8, 4) is 0 Å². The highest BCUT2D eigenvalue weighted by atomic mass is 16.1. The number of amides is 1. The Hall–Kier alpha value is -2.63. The van der Waals surface area contributed by atoms with Crippen molar-refractivity contribution in [1.29, 1.82) is 0 Å². The number of aromatic nitrogens is 2. The van der Waals surface area contributed by atoms with Crippen molar-refractivity contribution in [2.24, 2.45) is 0 Å². The fourth-order valence-corrected chi connectivity index (χ4v) is 2.26. The minimum Gasteiger partial charge on any atom is -0.368 e. The van der Waals surface area contributed by atoms with Crippen molar-refractivity contribution in [2.75, 3.05) is 30.3 Å². The summed E-state index contributed by atoms with van der Waals surface area (Å²) in [6.07, 6.45) is 0.971. The highest BCUT2D eigenvalue weighted by Gasteiger charge is 2.05. The van der Waals surface area contributed by atoms with Gasteiger partial charge < -0.3 is 16.0 Å². The number of nitrogens with one attached hydrogen (secondary N) is 3. The summed E-state index contributed by atoms with van der Waals surface area (Å²) >= 11 is 0. The van der Waals surface area contributed by atoms with Crippen molar-refractivity contribution in [1.82, 2.24) is 15.3 Å². The number of rotatable bonds is 8. The molecule has 6 heteroatoms. The predicted octanol–water partition coefficient (Wildman–Crippen LogP) is 2.62. The second kappa shape index (κ2) is 8.86. The summed E-state index contributed by atoms with van der Waals surface area (Å²) in [5.41, 5.74) is 2.80. The molecule has 0 unspecified atom stereocenters. The molecule has 1 aromatic carbocycles. The Morgan fingerprint density at radius 2 is 1.79 bits per heavy atom. The lowest BCUT2D eigenvalue weighted by molar-refractivity contribution is 0.0955. The number of benzene rings is 1. The summed E-state index contributed by atoms with van der Waals surface area (Å²) in [7, 11) is 0. The average Bonchev–Trinajstić information content (AvgIpc) is 2.58. The summed E-state index contributed by atoms with van der Waals surface area (Å²) in [5.74, 6) is 1.30. The first-order valence-electron chi connectivity index (χ1n) is 8.33. The molecule has 1 amide bonds. The molecule has 1 heterocycles. The van der Waals surface area contributed by atoms with Crippen molar-refractivity contribution in [2.45, 2.75) is 27.2 Å². The number of hydrogen-bond acceptors (Lipinski definition) is 5. The third-order valence-corrected chi connectivity index (χ3v) is 3.53. The third-order valence-electron chi connectivity index (χ3n) is 3.53. The number of nitrogens with zero attached hydrogens (tertiary/aromatic N) is 2. The van der Waals surface area contributed by atoms with Gasteiger partial charge in [0, 0.05) is 37.0 Å². The van der Waals surface area contributed by atoms with E-state index in [4.69, 9.17) is 0 Å². The molecule has 3 N–H and O–H groups in total. The standard InChI is InChI=1S/C18H25N5O/c1-4-14-6-8-15(9-7-14)17(24)21-11-10-20-16-12-13(3)22-18(23-16)19-5-2/h6-9,12H,4-5,10-11H2,1-3H3,(H,21,24)(H2,19,20,22,23). The van der Waals surface area contributed by atoms with Gasteiger partial charge >= 0.3 is 0 Å². The first-order valence-corrected chi connectivity index (χ1v) is 8.33. The molecule has 24 heavy (non-hydrogen) atoms. The van der Waals surface area contributed by atoms with Gasteiger partial charge in [-0.2, -0.15) is 4.98 Å². The second-order valence-electron chi connectivity index (χ2n) is 5.48. The molecule has 2 rings (SSSR count). The average molecular weight is 327 g/mol. The van der Waals surface area contributed by atoms with Gasteiger partial charge in [-0.15, -0.1) is 0 Å². The fourth-order valence-electron chi connectivity index (χ4n) is 2.26. The SMILES string of the molecule is CCNc1nc(C)cc(NCCNC(=O)c2ccc(CC)cc2)n1. The monoisotopic (exact) mass is 327 g/mol. The minimum atomic E-state index is -0.0633. The van der Waals surface area contributed by atoms with E-state index < -0.39 is 0 Å². The van der Waals surface area contributed by atoms with E-state index in [-0.39, 0.29) is 5.91 Å². The molecule has 0 spiro atoms. The largest absolute Gasteiger partial charge is 0.368 e. The predicted molar refractivity (Wildman–Crippen MR) is 97.6 cm³/mol. The number of anilines is 2. The molecule has 0 radical (unpaired) electrons. The molecule has 0 saturated carbocycles. The Balaban J connectivity index is 1.80. The fraction of sp³-hybridized carbons (Fsp3) is 0.389. The van der Waals surface area contributed by atoms with Gasteiger partial charge in [0.15, 0.2) is 0 Å². The van der Waals surface area contributed by atoms with Crippen LogP contribution in [0, 0.1) is 6.92 Å². The molecule has 128 valence electrons. The summed E-state index contributed by atoms with van der Waals surface area (Å²) in [6, 6.07) is 9.57. The summed E-state index contributed by atoms with van der Waals surface area (Å²) < 4.78 is 0. The smallest absolute Gasteiger partial charge is 0.251 e. The van der Waals surface area contributed by atoms with Crippen LogP contribution in [0.5, 0.6) is 0 Å². The number of carbonyl (C=O) groups excluding carboxylic acids is 1. The van der Waals surface area contributed by atoms with Crippen LogP contribution in [0.3, 0.4) is 0 Å². The van der Waals surface area contributed by atoms with Gasteiger partial charge in [0.1, 0.15) is 5.82 Å². The maximum atomic E-state index is 12.1. The van der Waals surface area contributed by atoms with Gasteiger partial charge in [-0.3, -0.25) is 4.79 Å². The normalized spacial score (nSPS) is 10.3. The van der Waals surface area contributed by atoms with E-state index in [9.17, 15) is 4.79 Å². The lowest BCUT2D eigenvalue weighted by Gasteiger charge is -2.10. The maximum absolute atomic E-state index is 12.1. The Labute approximate surface area is 143 Å². The zero-order chi connectivity index (χ0) is 17.4. The Morgan fingerprint density at radius 1 is 1.04 bits per heavy atom. The number of aryl methyl sites for hydroxylation is 2. The molecule has 0 atom stereocenters. The van der Waals surface area contributed by atoms with Gasteiger partial charge in [0.2, 0.25) is 5.95 Å². The minimum absolute atomic E-state index is 0.0633. The first-order chi connectivity index (χ1) is 11.6. The van der Waals surface area contributed by atoms with Gasteiger partial charge in [-0.25, -0.2) is 4.98 Å². The van der Waals surface area contributed by atoms with Crippen LogP contribution in [0.25, 0.3) is 0 Å². The number of carbonyl (C=O) groups is 1. The molecule has 1 aromatic heterocycles. The van der Waals surface area contributed by atoms with Crippen LogP contribution in [-0.2, 0) is 6.42 Å². The van der Waals surface area contributed by atoms with Crippen LogP contribution in [0.15, 0.2) is 30.3 Å². The van der Waals surface area contributed by atoms with Gasteiger partial charge in [0.25, 0.3) is 5.91 Å². The Morgan fingerprint density at radius 3 is 2.46 bits per heavy atom. The van der Waals surface area contributed by atoms with Gasteiger partial charge in [-0.05, 0) is 38.0 Å². The van der Waals surface area contributed by atoms with E-state index in [0.717, 1.165) is 24.5 Å². The van der Waals surface area contributed by atoms with Crippen LogP contribution in [0.1, 0.15) is 35.5 Å². The van der Waals surface area contributed by atoms with Crippen LogP contribution in [-0.4, -0.2) is 35.5 Å². The van der Waals surface area contributed by atoms with E-state index in [0.29, 0.717) is 24.6 Å². The van der Waals surface area contributed by atoms with E-state index in [1.165, 1.54) is 5.56 Å². The lowest BCUT2D eigenvalue weighted by atomic mass is 10.1. The highest BCUT2D eigenvalue weighted by molar-refractivity contribution is 5.94. The van der Waals surface area contributed by atoms with Crippen LogP contribution >= 0.6 is 0 Å². The lowest BCUT2D eigenvalue weighted by Crippen LogP contribution is -2.29. The first kappa shape index (κ1) is 17.7. The van der Waals surface area contributed by atoms with E-state index in [1.54, 1.807) is 0 Å². The molecule has 0 fully saturated rings. The summed E-state index contributed by atoms with van der Waals surface area (Å²) in [6.45, 7) is 7.92. The second-order valence-corrected chi connectivity index (χ2v) is 5.48. The summed E-state index contributed by atoms with van der Waals surface area (Å²) in [5, 5.41) is 9.20. The Kier molecular flexibility index (Phi) is 6.54. The Bertz CT molecular complexity index is 670. The molecular formula is C18H25N5O. The van der Waals surface area contributed by atoms with Crippen molar-refractivity contribution in [3.63, 3.8) is 0 Å². The van der Waals surface area contributed by atoms with Crippen LogP contribution in [0.2, 0.25) is 0 Å². The highest BCUT2D eigenvalue weighted by Crippen LogP contribution is 2.09. The van der Waals surface area contributed by atoms with Gasteiger partial charge in [-0.1, -0.05) is 19.1 Å². The molecule has 0 aliphatic rings. The third kappa shape index (κ3) is 5.22. The molecule has 0 saturated heterocycles. The van der Waals surface area contributed by atoms with Gasteiger partial charge in [0.05, 0.1) is 0 Å². The molecule has 0 bridgehead atoms. The van der Waals surface area contributed by atoms with E-state index >= 15 is 0 Å². The van der Waals surface area contributed by atoms with Crippen LogP contribution in [0.4, 0.5) is 11.8 Å². The quantitative estimate of drug-likeness (QED) is 0.650. The molecule has 0 aliphatic carbocycles. The van der Waals surface area contributed by atoms with E-state index in [1.807, 2.05) is 44.2 Å². The summed E-state index contributed by atoms with van der Waals surface area (Å²) in [4.78, 5) is 20.7. The maximum Gasteiger partial charge on any atom is 0.251 e. The van der Waals surface area contributed by atoms with E-state index in [2.05, 4.69) is 32.8 Å². The zero-order valence-electron chi connectivity index (χ0n) is 14.5. The molecule has 2 aromatic rings. The van der Waals surface area contributed by atoms with Crippen molar-refractivity contribution < 1.29 is 4.79 Å². The van der Waals surface area contributed by atoms with Crippen molar-refractivity contribution in [3.05, 3.63) is 47.2 Å². The molecular weight excluding hydrogens is 302 g/mol. The van der Waals surface area contributed by atoms with Crippen molar-refractivity contribution >= 4 is 17.7 Å².